The van der Waals surface area contributed by atoms with Crippen molar-refractivity contribution in [2.75, 3.05) is 142 Å². The van der Waals surface area contributed by atoms with E-state index < -0.39 is 25.7 Å². The number of nitrogens with one attached hydrogen (secondary N) is 1. The van der Waals surface area contributed by atoms with Crippen LogP contribution in [0.25, 0.3) is 0 Å². The van der Waals surface area contributed by atoms with E-state index in [0.29, 0.717) is 57.1 Å². The summed E-state index contributed by atoms with van der Waals surface area (Å²) < 4.78 is 42.3. The number of likely N-dealkylation sites (N-methyl/N-ethyl adjacent to an activating group) is 3. The van der Waals surface area contributed by atoms with Gasteiger partial charge < -0.3 is 57.0 Å². The molecule has 0 saturated carbocycles. The van der Waals surface area contributed by atoms with Crippen LogP contribution in [0.15, 0.2) is 0 Å². The number of hydrogen-bond donors (Lipinski definition) is 1. The van der Waals surface area contributed by atoms with Crippen LogP contribution in [0.1, 0.15) is 201 Å². The van der Waals surface area contributed by atoms with E-state index in [4.69, 9.17) is 37.0 Å². The molecule has 82 heavy (non-hydrogen) atoms. The van der Waals surface area contributed by atoms with Gasteiger partial charge in [-0.25, -0.2) is 4.79 Å². The monoisotopic (exact) mass is 1190 g/mol. The minimum absolute atomic E-state index is 0.0510. The number of nitrogens with zero attached hydrogens (tertiary/aromatic N) is 4. The Morgan fingerprint density at radius 3 is 1.13 bits per heavy atom. The molecule has 0 heterocycles. The number of unbranched alkanes of at least 4 members (excludes halogenated alkanes) is 2. The number of esters is 4. The zero-order valence-corrected chi connectivity index (χ0v) is 58.5. The average molecular weight is 1190 g/mol. The molecule has 0 aromatic carbocycles. The number of ether oxygens (including phenoxy) is 5. The minimum Gasteiger partial charge on any atom is -0.465 e. The summed E-state index contributed by atoms with van der Waals surface area (Å²) in [7, 11) is 12.7. The molecule has 2 atom stereocenters. The van der Waals surface area contributed by atoms with Crippen LogP contribution in [0, 0.1) is 33.5 Å². The van der Waals surface area contributed by atoms with Crippen molar-refractivity contribution in [1.29, 1.82) is 0 Å². The Kier molecular flexibility index (Phi) is 51.3. The summed E-state index contributed by atoms with van der Waals surface area (Å²) in [4.78, 5) is 68.1. The van der Waals surface area contributed by atoms with Crippen molar-refractivity contribution in [3.63, 3.8) is 0 Å². The van der Waals surface area contributed by atoms with Gasteiger partial charge in [0.15, 0.2) is 0 Å². The van der Waals surface area contributed by atoms with Crippen LogP contribution in [0.5, 0.6) is 0 Å². The minimum atomic E-state index is -2.53. The Balaban J connectivity index is -0.000000523. The second-order valence-corrected chi connectivity index (χ2v) is 27.9. The van der Waals surface area contributed by atoms with Crippen molar-refractivity contribution in [2.45, 2.75) is 207 Å². The summed E-state index contributed by atoms with van der Waals surface area (Å²) in [6, 6.07) is 0.635. The van der Waals surface area contributed by atoms with Gasteiger partial charge >= 0.3 is 38.8 Å². The molecule has 1 amide bonds. The Labute approximate surface area is 504 Å². The summed E-state index contributed by atoms with van der Waals surface area (Å²) in [5.41, 5.74) is -1.58. The van der Waals surface area contributed by atoms with Crippen molar-refractivity contribution in [1.82, 2.24) is 24.9 Å². The van der Waals surface area contributed by atoms with Crippen LogP contribution in [0.3, 0.4) is 0 Å². The van der Waals surface area contributed by atoms with Gasteiger partial charge in [-0.05, 0) is 154 Å². The van der Waals surface area contributed by atoms with Gasteiger partial charge in [0.2, 0.25) is 0 Å². The smallest absolute Gasteiger partial charge is 0.465 e. The van der Waals surface area contributed by atoms with E-state index >= 15 is 0 Å². The van der Waals surface area contributed by atoms with Gasteiger partial charge in [-0.3, -0.25) is 24.1 Å². The fraction of sp³-hybridized carbons (Fsp3) is 0.921. The third kappa shape index (κ3) is 43.7. The summed E-state index contributed by atoms with van der Waals surface area (Å²) >= 11 is 0. The van der Waals surface area contributed by atoms with Crippen molar-refractivity contribution < 1.29 is 60.9 Å². The van der Waals surface area contributed by atoms with Crippen LogP contribution >= 0.6 is 0 Å². The molecule has 2 unspecified atom stereocenters. The molecule has 0 aliphatic carbocycles. The number of rotatable bonds is 43. The Bertz CT molecular complexity index is 1550. The predicted molar refractivity (Wildman–Crippen MR) is 338 cm³/mol. The topological polar surface area (TPSA) is 184 Å². The number of carbonyl (C=O) groups excluding carboxylic acids is 5. The normalized spacial score (nSPS) is 12.8. The van der Waals surface area contributed by atoms with E-state index in [1.807, 2.05) is 83.1 Å². The quantitative estimate of drug-likeness (QED) is 0.0263. The molecular formula is C63H131N5O13Si. The molecule has 0 bridgehead atoms. The maximum atomic E-state index is 11.9. The lowest BCUT2D eigenvalue weighted by molar-refractivity contribution is -0.156. The van der Waals surface area contributed by atoms with E-state index in [2.05, 4.69) is 87.8 Å². The molecule has 0 aromatic rings. The van der Waals surface area contributed by atoms with E-state index in [-0.39, 0.29) is 47.9 Å². The zero-order valence-electron chi connectivity index (χ0n) is 57.5. The third-order valence-corrected chi connectivity index (χ3v) is 18.4. The number of alkyl carbamates (subject to hydrolysis) is 1. The Morgan fingerprint density at radius 2 is 0.793 bits per heavy atom. The van der Waals surface area contributed by atoms with Crippen LogP contribution in [0.2, 0.25) is 6.04 Å². The molecule has 0 spiro atoms. The first kappa shape index (κ1) is 85.5. The van der Waals surface area contributed by atoms with Crippen LogP contribution < -0.4 is 5.32 Å². The lowest BCUT2D eigenvalue weighted by Crippen LogP contribution is -2.42. The zero-order chi connectivity index (χ0) is 64.0. The molecule has 1 N–H and O–H groups in total. The first-order valence-electron chi connectivity index (χ1n) is 31.2. The van der Waals surface area contributed by atoms with Crippen LogP contribution in [-0.2, 0) is 56.1 Å². The number of hydrogen-bond acceptors (Lipinski definition) is 17. The fourth-order valence-electron chi connectivity index (χ4n) is 6.84. The van der Waals surface area contributed by atoms with Gasteiger partial charge in [-0.15, -0.1) is 0 Å². The van der Waals surface area contributed by atoms with E-state index in [0.717, 1.165) is 84.3 Å². The van der Waals surface area contributed by atoms with Gasteiger partial charge in [0.1, 0.15) is 6.61 Å². The van der Waals surface area contributed by atoms with Crippen LogP contribution in [0.4, 0.5) is 4.79 Å². The van der Waals surface area contributed by atoms with Crippen molar-refractivity contribution in [3.05, 3.63) is 0 Å². The maximum absolute atomic E-state index is 11.9. The number of carbonyl (C=O) groups is 5. The molecule has 18 nitrogen and oxygen atoms in total. The Morgan fingerprint density at radius 1 is 0.439 bits per heavy atom. The second kappa shape index (κ2) is 49.2. The molecule has 19 heteroatoms. The molecular weight excluding hydrogens is 1060 g/mol. The highest BCUT2D eigenvalue weighted by Crippen LogP contribution is 2.26. The molecule has 0 aromatic heterocycles. The highest BCUT2D eigenvalue weighted by molar-refractivity contribution is 6.60. The van der Waals surface area contributed by atoms with Gasteiger partial charge in [-0.1, -0.05) is 93.9 Å². The summed E-state index contributed by atoms with van der Waals surface area (Å²) in [5.74, 6) is 0.563. The van der Waals surface area contributed by atoms with Crippen LogP contribution in [-0.4, -0.2) is 200 Å². The fourth-order valence-corrected chi connectivity index (χ4v) is 8.53. The van der Waals surface area contributed by atoms with Gasteiger partial charge in [-0.2, -0.15) is 0 Å². The lowest BCUT2D eigenvalue weighted by atomic mass is 9.90. The highest BCUT2D eigenvalue weighted by Gasteiger charge is 2.37. The van der Waals surface area contributed by atoms with E-state index in [1.165, 1.54) is 38.5 Å². The largest absolute Gasteiger partial charge is 0.500 e. The molecule has 490 valence electrons. The summed E-state index contributed by atoms with van der Waals surface area (Å²) in [5, 5.41) is 2.62. The van der Waals surface area contributed by atoms with Gasteiger partial charge in [0.25, 0.3) is 0 Å². The first-order chi connectivity index (χ1) is 38.3. The van der Waals surface area contributed by atoms with E-state index in [1.54, 1.807) is 21.3 Å². The van der Waals surface area contributed by atoms with E-state index in [9.17, 15) is 24.0 Å². The SMILES string of the molecule is CCC(C)(C)C(=O)OCCC[Si](OC)(OC)OC.CCC(C)(C)C(=O)OCCNC(=O)OCCCN(C)CCN(CCN(C)C)CCN(C)C.CCCCC(CC)COC(=O)C(C)(C)CC.CCCCC(CC)COC(=O)C(C)(C)CC. The summed E-state index contributed by atoms with van der Waals surface area (Å²) in [6.07, 6.45) is 13.5. The molecule has 0 radical (unpaired) electrons. The Hall–Kier alpha value is -2.91. The van der Waals surface area contributed by atoms with Gasteiger partial charge in [0.05, 0.1) is 54.6 Å². The maximum Gasteiger partial charge on any atom is 0.500 e. The molecule has 0 saturated heterocycles. The highest BCUT2D eigenvalue weighted by atomic mass is 28.4. The first-order valence-corrected chi connectivity index (χ1v) is 33.2. The van der Waals surface area contributed by atoms with Crippen molar-refractivity contribution >= 4 is 38.8 Å². The average Bonchev–Trinajstić information content (AvgIpc) is 3.45. The van der Waals surface area contributed by atoms with Crippen molar-refractivity contribution in [2.24, 2.45) is 33.5 Å². The molecule has 0 aliphatic heterocycles. The summed E-state index contributed by atoms with van der Waals surface area (Å²) in [6.45, 7) is 41.3. The molecule has 0 aliphatic rings. The van der Waals surface area contributed by atoms with Gasteiger partial charge in [0, 0.05) is 73.2 Å². The standard InChI is InChI=1S/C23H49N5O4.2C14H28O2.C12H26O5Si/c1-9-23(2,3)21(29)31-20-11-24-22(30)32-19-10-12-27(8)15-18-28(16-13-25(4)5)17-14-26(6)7;2*1-6-9-10-12(7-2)11-16-13(15)14(4,5)8-3;1-7-12(2,3)11(13)17-9-8-10-18(14-4,15-5)16-6/h9-20H2,1-8H3,(H,24,30);2*12H,6-11H2,1-5H3;7-10H2,1-6H3. The second-order valence-electron chi connectivity index (χ2n) is 24.8. The van der Waals surface area contributed by atoms with Crippen molar-refractivity contribution in [3.8, 4) is 0 Å². The predicted octanol–water partition coefficient (Wildman–Crippen LogP) is 12.0. The molecule has 0 rings (SSSR count). The lowest BCUT2D eigenvalue weighted by Gasteiger charge is -2.27. The number of amides is 1. The molecule has 0 fully saturated rings. The third-order valence-electron chi connectivity index (χ3n) is 15.6.